The normalized spacial score (nSPS) is 10.5. The average Bonchev–Trinajstić information content (AvgIpc) is 2.60. The summed E-state index contributed by atoms with van der Waals surface area (Å²) in [7, 11) is 0. The largest absolute Gasteiger partial charge is 0.513 e. The molecule has 0 aliphatic carbocycles. The molecule has 3 N–H and O–H groups in total. The molecule has 1 aromatic rings. The van der Waals surface area contributed by atoms with Gasteiger partial charge in [-0.15, -0.1) is 0 Å². The van der Waals surface area contributed by atoms with E-state index in [-0.39, 0.29) is 36.5 Å². The summed E-state index contributed by atoms with van der Waals surface area (Å²) in [5.41, 5.74) is 5.76. The maximum atomic E-state index is 11.9. The van der Waals surface area contributed by atoms with Gasteiger partial charge in [0.25, 0.3) is 0 Å². The highest BCUT2D eigenvalue weighted by molar-refractivity contribution is 5.71. The van der Waals surface area contributed by atoms with E-state index >= 15 is 0 Å². The number of hydrogen-bond acceptors (Lipinski definition) is 7. The number of carbonyl (C=O) groups excluding carboxylic acids is 3. The van der Waals surface area contributed by atoms with E-state index in [2.05, 4.69) is 5.32 Å². The van der Waals surface area contributed by atoms with Crippen molar-refractivity contribution >= 4 is 18.3 Å². The molecule has 0 atom stereocenters. The molecule has 0 aliphatic heterocycles. The van der Waals surface area contributed by atoms with Crippen LogP contribution in [0.4, 0.5) is 14.4 Å². The van der Waals surface area contributed by atoms with Crippen molar-refractivity contribution in [1.82, 2.24) is 5.32 Å². The average molecular weight is 396 g/mol. The topological polar surface area (TPSA) is 126 Å². The van der Waals surface area contributed by atoms with Crippen molar-refractivity contribution in [3.8, 4) is 11.5 Å². The van der Waals surface area contributed by atoms with Gasteiger partial charge in [-0.1, -0.05) is 33.8 Å². The van der Waals surface area contributed by atoms with Gasteiger partial charge in [-0.25, -0.2) is 14.4 Å². The highest BCUT2D eigenvalue weighted by atomic mass is 16.7. The Morgan fingerprint density at radius 3 is 1.96 bits per heavy atom. The van der Waals surface area contributed by atoms with Crippen LogP contribution in [0.3, 0.4) is 0 Å². The number of nitrogens with two attached hydrogens (primary N) is 1. The summed E-state index contributed by atoms with van der Waals surface area (Å²) >= 11 is 0. The molecule has 2 amide bonds. The van der Waals surface area contributed by atoms with E-state index in [4.69, 9.17) is 24.7 Å². The molecule has 28 heavy (non-hydrogen) atoms. The van der Waals surface area contributed by atoms with Crippen molar-refractivity contribution in [1.29, 1.82) is 0 Å². The van der Waals surface area contributed by atoms with E-state index in [9.17, 15) is 14.4 Å². The summed E-state index contributed by atoms with van der Waals surface area (Å²) in [6.45, 7) is 8.24. The molecule has 0 heterocycles. The zero-order valence-corrected chi connectivity index (χ0v) is 16.7. The van der Waals surface area contributed by atoms with Crippen molar-refractivity contribution < 1.29 is 33.3 Å². The van der Waals surface area contributed by atoms with Crippen molar-refractivity contribution in [3.05, 3.63) is 23.8 Å². The molecule has 0 saturated carbocycles. The van der Waals surface area contributed by atoms with Gasteiger partial charge < -0.3 is 30.0 Å². The molecule has 156 valence electrons. The summed E-state index contributed by atoms with van der Waals surface area (Å²) < 4.78 is 20.3. The fourth-order valence-corrected chi connectivity index (χ4v) is 1.91. The first kappa shape index (κ1) is 23.1. The smallest absolute Gasteiger partial charge is 0.434 e. The number of urea groups is 1. The molecule has 1 aromatic carbocycles. The zero-order valence-electron chi connectivity index (χ0n) is 16.7. The molecule has 0 spiro atoms. The minimum absolute atomic E-state index is 0.00632. The minimum atomic E-state index is -0.915. The fraction of sp³-hybridized carbons (Fsp3) is 0.526. The fourth-order valence-electron chi connectivity index (χ4n) is 1.91. The summed E-state index contributed by atoms with van der Waals surface area (Å²) in [5.74, 6) is 0.309. The molecule has 0 unspecified atom stereocenters. The second-order valence-corrected chi connectivity index (χ2v) is 6.94. The minimum Gasteiger partial charge on any atom is -0.434 e. The number of ether oxygens (including phenoxy) is 4. The van der Waals surface area contributed by atoms with Gasteiger partial charge in [0.15, 0.2) is 11.5 Å². The van der Waals surface area contributed by atoms with Crippen LogP contribution >= 0.6 is 0 Å². The Kier molecular flexibility index (Phi) is 9.63. The first-order valence-corrected chi connectivity index (χ1v) is 9.02. The van der Waals surface area contributed by atoms with Crippen LogP contribution < -0.4 is 20.5 Å². The van der Waals surface area contributed by atoms with Crippen LogP contribution in [0.2, 0.25) is 0 Å². The Morgan fingerprint density at radius 2 is 1.46 bits per heavy atom. The number of carbonyl (C=O) groups is 3. The Bertz CT molecular complexity index is 674. The quantitative estimate of drug-likeness (QED) is 0.484. The zero-order chi connectivity index (χ0) is 21.1. The van der Waals surface area contributed by atoms with Crippen LogP contribution in [0.5, 0.6) is 11.5 Å². The Hall–Kier alpha value is -2.97. The molecule has 0 saturated heterocycles. The van der Waals surface area contributed by atoms with Crippen LogP contribution in [0.25, 0.3) is 0 Å². The number of amides is 2. The lowest BCUT2D eigenvalue weighted by molar-refractivity contribution is 0.0795. The van der Waals surface area contributed by atoms with Crippen molar-refractivity contribution in [3.63, 3.8) is 0 Å². The summed E-state index contributed by atoms with van der Waals surface area (Å²) in [5, 5.41) is 2.46. The van der Waals surface area contributed by atoms with E-state index in [1.807, 2.05) is 27.7 Å². The molecule has 0 bridgehead atoms. The predicted molar refractivity (Wildman–Crippen MR) is 101 cm³/mol. The number of hydrogen-bond donors (Lipinski definition) is 2. The highest BCUT2D eigenvalue weighted by Crippen LogP contribution is 2.29. The van der Waals surface area contributed by atoms with Gasteiger partial charge in [-0.3, -0.25) is 0 Å². The van der Waals surface area contributed by atoms with Crippen molar-refractivity contribution in [2.75, 3.05) is 19.8 Å². The third-order valence-electron chi connectivity index (χ3n) is 3.18. The third kappa shape index (κ3) is 9.65. The third-order valence-corrected chi connectivity index (χ3v) is 3.18. The number of primary amides is 1. The second kappa shape index (κ2) is 11.7. The van der Waals surface area contributed by atoms with E-state index in [1.165, 1.54) is 12.1 Å². The lowest BCUT2D eigenvalue weighted by Gasteiger charge is -2.13. The van der Waals surface area contributed by atoms with Gasteiger partial charge in [-0.2, -0.15) is 0 Å². The van der Waals surface area contributed by atoms with Gasteiger partial charge in [0.1, 0.15) is 0 Å². The van der Waals surface area contributed by atoms with E-state index in [0.29, 0.717) is 13.0 Å². The van der Waals surface area contributed by atoms with Gasteiger partial charge in [0.2, 0.25) is 0 Å². The van der Waals surface area contributed by atoms with Gasteiger partial charge in [-0.05, 0) is 36.0 Å². The van der Waals surface area contributed by atoms with Gasteiger partial charge in [0, 0.05) is 6.54 Å². The summed E-state index contributed by atoms with van der Waals surface area (Å²) in [4.78, 5) is 34.5. The molecule has 0 aromatic heterocycles. The molecule has 0 fully saturated rings. The van der Waals surface area contributed by atoms with Crippen LogP contribution in [0.15, 0.2) is 18.2 Å². The molecule has 0 radical (unpaired) electrons. The molecule has 9 heteroatoms. The monoisotopic (exact) mass is 396 g/mol. The van der Waals surface area contributed by atoms with Crippen LogP contribution in [-0.4, -0.2) is 38.1 Å². The Morgan fingerprint density at radius 1 is 0.929 bits per heavy atom. The number of benzene rings is 1. The first-order chi connectivity index (χ1) is 13.2. The Labute approximate surface area is 164 Å². The van der Waals surface area contributed by atoms with Crippen molar-refractivity contribution in [2.24, 2.45) is 17.6 Å². The number of nitrogens with one attached hydrogen (secondary N) is 1. The molecular formula is C19H28N2O7. The van der Waals surface area contributed by atoms with Gasteiger partial charge in [0.05, 0.1) is 13.2 Å². The van der Waals surface area contributed by atoms with E-state index < -0.39 is 18.3 Å². The maximum absolute atomic E-state index is 11.9. The van der Waals surface area contributed by atoms with Crippen molar-refractivity contribution in [2.45, 2.75) is 34.1 Å². The van der Waals surface area contributed by atoms with E-state index in [1.54, 1.807) is 6.07 Å². The van der Waals surface area contributed by atoms with Crippen LogP contribution in [-0.2, 0) is 15.9 Å². The summed E-state index contributed by atoms with van der Waals surface area (Å²) in [6.07, 6.45) is -1.39. The molecule has 1 rings (SSSR count). The Balaban J connectivity index is 2.87. The molecular weight excluding hydrogens is 368 g/mol. The standard InChI is InChI=1S/C19H28N2O7/c1-12(2)10-25-18(23)27-15-6-5-14(7-8-21-17(20)22)9-16(15)28-19(24)26-11-13(3)4/h5-6,9,12-13H,7-8,10-11H2,1-4H3,(H3,20,21,22). The van der Waals surface area contributed by atoms with E-state index in [0.717, 1.165) is 5.56 Å². The number of rotatable bonds is 9. The molecule has 0 aliphatic rings. The summed E-state index contributed by atoms with van der Waals surface area (Å²) in [6, 6.07) is 4.02. The van der Waals surface area contributed by atoms with Gasteiger partial charge >= 0.3 is 18.3 Å². The lowest BCUT2D eigenvalue weighted by Crippen LogP contribution is -2.30. The lowest BCUT2D eigenvalue weighted by atomic mass is 10.1. The predicted octanol–water partition coefficient (Wildman–Crippen LogP) is 3.24. The highest BCUT2D eigenvalue weighted by Gasteiger charge is 2.17. The van der Waals surface area contributed by atoms with Crippen LogP contribution in [0.1, 0.15) is 33.3 Å². The molecule has 9 nitrogen and oxygen atoms in total. The first-order valence-electron chi connectivity index (χ1n) is 9.02. The SMILES string of the molecule is CC(C)COC(=O)Oc1ccc(CCNC(N)=O)cc1OC(=O)OCC(C)C. The maximum Gasteiger partial charge on any atom is 0.513 e. The second-order valence-electron chi connectivity index (χ2n) is 6.94. The van der Waals surface area contributed by atoms with Crippen LogP contribution in [0, 0.1) is 11.8 Å².